The van der Waals surface area contributed by atoms with Gasteiger partial charge in [0.1, 0.15) is 5.75 Å². The van der Waals surface area contributed by atoms with Crippen LogP contribution in [0.2, 0.25) is 0 Å². The monoisotopic (exact) mass is 262 g/mol. The Hall–Kier alpha value is -1.06. The Morgan fingerprint density at radius 3 is 2.68 bits per heavy atom. The molecule has 2 unspecified atom stereocenters. The van der Waals surface area contributed by atoms with Gasteiger partial charge in [0.05, 0.1) is 6.61 Å². The normalized spacial score (nSPS) is 22.2. The number of ether oxygens (including phenoxy) is 1. The van der Waals surface area contributed by atoms with Crippen molar-refractivity contribution in [1.29, 1.82) is 0 Å². The van der Waals surface area contributed by atoms with Crippen LogP contribution in [0.4, 0.5) is 0 Å². The van der Waals surface area contributed by atoms with Crippen molar-refractivity contribution < 1.29 is 4.74 Å². The Balaban J connectivity index is 1.98. The number of hydrogen-bond acceptors (Lipinski definition) is 3. The van der Waals surface area contributed by atoms with E-state index in [1.54, 1.807) is 0 Å². The molecular formula is C16H26N2O. The van der Waals surface area contributed by atoms with Gasteiger partial charge in [0, 0.05) is 18.6 Å². The van der Waals surface area contributed by atoms with Crippen LogP contribution in [0.5, 0.6) is 5.75 Å². The van der Waals surface area contributed by atoms with Crippen LogP contribution in [0.3, 0.4) is 0 Å². The number of rotatable bonds is 5. The van der Waals surface area contributed by atoms with Gasteiger partial charge in [-0.1, -0.05) is 18.6 Å². The second kappa shape index (κ2) is 6.92. The van der Waals surface area contributed by atoms with Crippen LogP contribution in [0.1, 0.15) is 38.7 Å². The highest BCUT2D eigenvalue weighted by Gasteiger charge is 2.25. The van der Waals surface area contributed by atoms with Gasteiger partial charge in [0.2, 0.25) is 0 Å². The molecule has 2 N–H and O–H groups in total. The second-order valence-corrected chi connectivity index (χ2v) is 5.47. The largest absolute Gasteiger partial charge is 0.494 e. The minimum Gasteiger partial charge on any atom is -0.494 e. The van der Waals surface area contributed by atoms with E-state index in [0.29, 0.717) is 6.04 Å². The molecule has 0 radical (unpaired) electrons. The van der Waals surface area contributed by atoms with Crippen LogP contribution in [0.15, 0.2) is 24.3 Å². The lowest BCUT2D eigenvalue weighted by molar-refractivity contribution is 0.123. The van der Waals surface area contributed by atoms with Crippen LogP contribution in [-0.4, -0.2) is 30.1 Å². The molecule has 1 aliphatic rings. The van der Waals surface area contributed by atoms with Crippen molar-refractivity contribution >= 4 is 0 Å². The van der Waals surface area contributed by atoms with Gasteiger partial charge in [-0.2, -0.15) is 0 Å². The Kier molecular flexibility index (Phi) is 5.23. The Labute approximate surface area is 116 Å². The van der Waals surface area contributed by atoms with Crippen molar-refractivity contribution in [2.75, 3.05) is 13.2 Å². The van der Waals surface area contributed by atoms with Gasteiger partial charge in [0.15, 0.2) is 0 Å². The van der Waals surface area contributed by atoms with E-state index in [9.17, 15) is 0 Å². The third kappa shape index (κ3) is 3.95. The van der Waals surface area contributed by atoms with Gasteiger partial charge in [0.25, 0.3) is 0 Å². The Morgan fingerprint density at radius 1 is 1.32 bits per heavy atom. The zero-order chi connectivity index (χ0) is 13.7. The molecular weight excluding hydrogens is 236 g/mol. The van der Waals surface area contributed by atoms with Crippen LogP contribution in [0.25, 0.3) is 0 Å². The molecule has 1 aromatic carbocycles. The van der Waals surface area contributed by atoms with Gasteiger partial charge in [-0.05, 0) is 50.9 Å². The molecule has 3 heteroatoms. The molecule has 1 fully saturated rings. The lowest BCUT2D eigenvalue weighted by Gasteiger charge is -2.38. The molecule has 0 amide bonds. The predicted octanol–water partition coefficient (Wildman–Crippen LogP) is 2.79. The zero-order valence-electron chi connectivity index (χ0n) is 12.1. The molecule has 0 bridgehead atoms. The Bertz CT molecular complexity index is 375. The first-order chi connectivity index (χ1) is 9.20. The summed E-state index contributed by atoms with van der Waals surface area (Å²) in [6, 6.07) is 9.23. The molecule has 2 rings (SSSR count). The molecule has 1 aliphatic heterocycles. The molecule has 0 aromatic heterocycles. The molecule has 1 heterocycles. The van der Waals surface area contributed by atoms with Crippen molar-refractivity contribution in [2.45, 2.75) is 51.7 Å². The molecule has 2 atom stereocenters. The van der Waals surface area contributed by atoms with Crippen LogP contribution in [-0.2, 0) is 6.54 Å². The average molecular weight is 262 g/mol. The van der Waals surface area contributed by atoms with E-state index in [1.165, 1.54) is 31.4 Å². The summed E-state index contributed by atoms with van der Waals surface area (Å²) < 4.78 is 5.48. The SMILES string of the molecule is CCOc1ccc(CN2CCCCC2C(C)N)cc1. The van der Waals surface area contributed by atoms with Crippen molar-refractivity contribution in [1.82, 2.24) is 4.90 Å². The lowest BCUT2D eigenvalue weighted by atomic mass is 9.96. The molecule has 0 spiro atoms. The van der Waals surface area contributed by atoms with Crippen LogP contribution in [0, 0.1) is 0 Å². The van der Waals surface area contributed by atoms with Crippen LogP contribution >= 0.6 is 0 Å². The van der Waals surface area contributed by atoms with E-state index in [4.69, 9.17) is 10.5 Å². The molecule has 1 aromatic rings. The molecule has 19 heavy (non-hydrogen) atoms. The fourth-order valence-electron chi connectivity index (χ4n) is 2.90. The maximum absolute atomic E-state index is 6.11. The number of nitrogens with zero attached hydrogens (tertiary/aromatic N) is 1. The first-order valence-electron chi connectivity index (χ1n) is 7.42. The highest BCUT2D eigenvalue weighted by Crippen LogP contribution is 2.22. The summed E-state index contributed by atoms with van der Waals surface area (Å²) in [4.78, 5) is 2.53. The summed E-state index contributed by atoms with van der Waals surface area (Å²) in [6.45, 7) is 7.02. The quantitative estimate of drug-likeness (QED) is 0.887. The van der Waals surface area contributed by atoms with E-state index in [-0.39, 0.29) is 6.04 Å². The summed E-state index contributed by atoms with van der Waals surface area (Å²) in [5, 5.41) is 0. The molecule has 106 valence electrons. The summed E-state index contributed by atoms with van der Waals surface area (Å²) in [7, 11) is 0. The predicted molar refractivity (Wildman–Crippen MR) is 79.3 cm³/mol. The number of piperidine rings is 1. The van der Waals surface area contributed by atoms with E-state index in [0.717, 1.165) is 18.9 Å². The van der Waals surface area contributed by atoms with E-state index < -0.39 is 0 Å². The number of benzene rings is 1. The number of likely N-dealkylation sites (tertiary alicyclic amines) is 1. The number of hydrogen-bond donors (Lipinski definition) is 1. The minimum atomic E-state index is 0.253. The first-order valence-corrected chi connectivity index (χ1v) is 7.42. The lowest BCUT2D eigenvalue weighted by Crippen LogP contribution is -2.48. The zero-order valence-corrected chi connectivity index (χ0v) is 12.1. The van der Waals surface area contributed by atoms with Crippen LogP contribution < -0.4 is 10.5 Å². The van der Waals surface area contributed by atoms with Gasteiger partial charge in [-0.15, -0.1) is 0 Å². The number of nitrogens with two attached hydrogens (primary N) is 1. The summed E-state index contributed by atoms with van der Waals surface area (Å²) in [6.07, 6.45) is 3.83. The van der Waals surface area contributed by atoms with E-state index in [2.05, 4.69) is 36.1 Å². The maximum atomic E-state index is 6.11. The third-order valence-electron chi connectivity index (χ3n) is 3.89. The van der Waals surface area contributed by atoms with E-state index in [1.807, 2.05) is 6.92 Å². The standard InChI is InChI=1S/C16H26N2O/c1-3-19-15-9-7-14(8-10-15)12-18-11-5-4-6-16(18)13(2)17/h7-10,13,16H,3-6,11-12,17H2,1-2H3. The molecule has 1 saturated heterocycles. The summed E-state index contributed by atoms with van der Waals surface area (Å²) in [5.41, 5.74) is 7.46. The first kappa shape index (κ1) is 14.4. The van der Waals surface area contributed by atoms with Crippen molar-refractivity contribution in [3.8, 4) is 5.75 Å². The van der Waals surface area contributed by atoms with Crippen molar-refractivity contribution in [3.05, 3.63) is 29.8 Å². The van der Waals surface area contributed by atoms with Gasteiger partial charge >= 0.3 is 0 Å². The minimum absolute atomic E-state index is 0.253. The third-order valence-corrected chi connectivity index (χ3v) is 3.89. The fraction of sp³-hybridized carbons (Fsp3) is 0.625. The maximum Gasteiger partial charge on any atom is 0.119 e. The summed E-state index contributed by atoms with van der Waals surface area (Å²) in [5.74, 6) is 0.952. The van der Waals surface area contributed by atoms with Crippen molar-refractivity contribution in [2.24, 2.45) is 5.73 Å². The van der Waals surface area contributed by atoms with Crippen molar-refractivity contribution in [3.63, 3.8) is 0 Å². The van der Waals surface area contributed by atoms with Gasteiger partial charge in [-0.3, -0.25) is 4.90 Å². The second-order valence-electron chi connectivity index (χ2n) is 5.47. The molecule has 0 aliphatic carbocycles. The highest BCUT2D eigenvalue weighted by molar-refractivity contribution is 5.27. The summed E-state index contributed by atoms with van der Waals surface area (Å²) >= 11 is 0. The van der Waals surface area contributed by atoms with Gasteiger partial charge < -0.3 is 10.5 Å². The highest BCUT2D eigenvalue weighted by atomic mass is 16.5. The van der Waals surface area contributed by atoms with Gasteiger partial charge in [-0.25, -0.2) is 0 Å². The molecule has 3 nitrogen and oxygen atoms in total. The topological polar surface area (TPSA) is 38.5 Å². The average Bonchev–Trinajstić information content (AvgIpc) is 2.42. The molecule has 0 saturated carbocycles. The fourth-order valence-corrected chi connectivity index (χ4v) is 2.90. The smallest absolute Gasteiger partial charge is 0.119 e. The Morgan fingerprint density at radius 2 is 2.05 bits per heavy atom. The van der Waals surface area contributed by atoms with E-state index >= 15 is 0 Å².